The predicted molar refractivity (Wildman–Crippen MR) is 282 cm³/mol. The van der Waals surface area contributed by atoms with E-state index < -0.39 is 102 Å². The fourth-order valence-corrected chi connectivity index (χ4v) is 11.3. The van der Waals surface area contributed by atoms with Crippen molar-refractivity contribution < 1.29 is 68.3 Å². The molecule has 1 aromatic heterocycles. The zero-order valence-electron chi connectivity index (χ0n) is 46.2. The number of cyclic esters (lactones) is 1. The summed E-state index contributed by atoms with van der Waals surface area (Å²) in [6.07, 6.45) is -6.56. The van der Waals surface area contributed by atoms with Crippen LogP contribution in [-0.4, -0.2) is 193 Å². The second-order valence-corrected chi connectivity index (χ2v) is 22.8. The van der Waals surface area contributed by atoms with Gasteiger partial charge in [-0.3, -0.25) is 4.79 Å². The summed E-state index contributed by atoms with van der Waals surface area (Å²) in [6.45, 7) is 16.6. The molecular weight excluding hydrogens is 1000 g/mol. The first kappa shape index (κ1) is 59.8. The number of oxime groups is 1. The highest BCUT2D eigenvalue weighted by Crippen LogP contribution is 2.40. The molecule has 0 saturated carbocycles. The van der Waals surface area contributed by atoms with Crippen molar-refractivity contribution in [3.63, 3.8) is 0 Å². The number of aliphatic hydroxyl groups is 5. The summed E-state index contributed by atoms with van der Waals surface area (Å²) in [7, 11) is 5.21. The molecular formula is C55H83ClN6O14. The molecule has 18 atom stereocenters. The number of carbonyl (C=O) groups is 1. The van der Waals surface area contributed by atoms with Crippen LogP contribution in [0.15, 0.2) is 59.9 Å². The van der Waals surface area contributed by atoms with E-state index in [0.29, 0.717) is 48.9 Å². The van der Waals surface area contributed by atoms with Crippen LogP contribution in [0, 0.1) is 11.8 Å². The Hall–Kier alpha value is -3.87. The molecule has 4 aliphatic rings. The molecule has 21 heteroatoms. The van der Waals surface area contributed by atoms with Crippen molar-refractivity contribution in [3.05, 3.63) is 71.0 Å². The lowest BCUT2D eigenvalue weighted by Crippen LogP contribution is -2.62. The number of hydrogen-bond acceptors (Lipinski definition) is 19. The van der Waals surface area contributed by atoms with Crippen molar-refractivity contribution in [1.82, 2.24) is 24.8 Å². The first-order chi connectivity index (χ1) is 35.8. The number of methoxy groups -OCH3 is 1. The van der Waals surface area contributed by atoms with Gasteiger partial charge in [-0.1, -0.05) is 48.0 Å². The molecule has 2 aromatic carbocycles. The maximum Gasteiger partial charge on any atom is 0.311 e. The normalized spacial score (nSPS) is 38.3. The smallest absolute Gasteiger partial charge is 0.311 e. The largest absolute Gasteiger partial charge is 0.459 e. The van der Waals surface area contributed by atoms with Gasteiger partial charge in [-0.2, -0.15) is 0 Å². The molecule has 0 bridgehead atoms. The zero-order valence-corrected chi connectivity index (χ0v) is 46.9. The van der Waals surface area contributed by atoms with Crippen LogP contribution in [-0.2, 0) is 51.0 Å². The maximum atomic E-state index is 14.4. The van der Waals surface area contributed by atoms with Gasteiger partial charge in [-0.05, 0) is 118 Å². The molecule has 3 saturated heterocycles. The Bertz CT molecular complexity index is 2400. The summed E-state index contributed by atoms with van der Waals surface area (Å²) < 4.78 is 45.9. The molecule has 20 nitrogen and oxygen atoms in total. The lowest BCUT2D eigenvalue weighted by Gasteiger charge is -2.49. The van der Waals surface area contributed by atoms with Gasteiger partial charge < -0.3 is 73.3 Å². The van der Waals surface area contributed by atoms with Crippen molar-refractivity contribution in [3.8, 4) is 11.5 Å². The number of nitrogens with zero attached hydrogens (tertiary/aromatic N) is 6. The Morgan fingerprint density at radius 2 is 1.68 bits per heavy atom. The van der Waals surface area contributed by atoms with Gasteiger partial charge in [-0.15, -0.1) is 5.10 Å². The summed E-state index contributed by atoms with van der Waals surface area (Å²) in [6, 6.07) is 13.8. The van der Waals surface area contributed by atoms with Crippen molar-refractivity contribution in [2.75, 3.05) is 34.3 Å². The number of halogens is 1. The predicted octanol–water partition coefficient (Wildman–Crippen LogP) is 5.11. The monoisotopic (exact) mass is 1090 g/mol. The van der Waals surface area contributed by atoms with Gasteiger partial charge in [0.25, 0.3) is 0 Å². The number of rotatable bonds is 15. The lowest BCUT2D eigenvalue weighted by molar-refractivity contribution is -0.318. The minimum absolute atomic E-state index is 0.0967. The third-order valence-electron chi connectivity index (χ3n) is 16.4. The van der Waals surface area contributed by atoms with Crippen LogP contribution in [0.25, 0.3) is 0 Å². The van der Waals surface area contributed by atoms with Crippen LogP contribution in [0.5, 0.6) is 11.5 Å². The Kier molecular flexibility index (Phi) is 19.7. The van der Waals surface area contributed by atoms with E-state index in [1.165, 1.54) is 14.0 Å². The standard InChI is InChI=1S/C55H83ClN6O14/c1-13-44-55(9,68)48(64)34(5)60(10)24-22-53(7,67)50(32(3)47(33(4)51(66)73-44)74-45-28-54(8,69-12)49(65)35(6)71-45)75-52-46(63)43(25-31(2)70-52)61(11)23-21-38-29-62(59-57-38)30-41-27-42(58-76-41)36-15-14-16-40(26-36)72-39-19-17-37(56)18-20-39/h14-20,26,29,31-35,41,43-50,52,63-65,67-68H,13,21-25,27-28,30H2,1-12H3/t31-,32+,33-,34-,35+,41?,43+,44-,45+,46-,47+,48-,49+,50-,52+,53-,54-,55-/m1/s1. The van der Waals surface area contributed by atoms with E-state index in [2.05, 4.69) is 15.5 Å². The highest BCUT2D eigenvalue weighted by Gasteiger charge is 2.53. The fourth-order valence-electron chi connectivity index (χ4n) is 11.1. The average Bonchev–Trinajstić information content (AvgIpc) is 4.06. The highest BCUT2D eigenvalue weighted by molar-refractivity contribution is 6.30. The van der Waals surface area contributed by atoms with E-state index in [1.807, 2.05) is 66.4 Å². The van der Waals surface area contributed by atoms with Crippen molar-refractivity contribution in [1.29, 1.82) is 0 Å². The highest BCUT2D eigenvalue weighted by atomic mass is 35.5. The number of aliphatic hydroxyl groups excluding tert-OH is 3. The Labute approximate surface area is 452 Å². The van der Waals surface area contributed by atoms with Crippen molar-refractivity contribution in [2.45, 2.75) is 204 Å². The Morgan fingerprint density at radius 3 is 2.38 bits per heavy atom. The molecule has 0 amide bonds. The van der Waals surface area contributed by atoms with Gasteiger partial charge in [-0.25, -0.2) is 4.68 Å². The first-order valence-electron chi connectivity index (χ1n) is 26.8. The Balaban J connectivity index is 1.05. The summed E-state index contributed by atoms with van der Waals surface area (Å²) in [5.74, 6) is -1.26. The van der Waals surface area contributed by atoms with Gasteiger partial charge >= 0.3 is 5.97 Å². The lowest BCUT2D eigenvalue weighted by atomic mass is 9.79. The Morgan fingerprint density at radius 1 is 0.961 bits per heavy atom. The molecule has 1 unspecified atom stereocenters. The van der Waals surface area contributed by atoms with E-state index in [-0.39, 0.29) is 38.0 Å². The molecule has 0 aliphatic carbocycles. The number of aromatic nitrogens is 3. The number of likely N-dealkylation sites (N-methyl/N-ethyl adjacent to an activating group) is 2. The molecule has 4 aliphatic heterocycles. The molecule has 5 heterocycles. The third-order valence-corrected chi connectivity index (χ3v) is 16.6. The van der Waals surface area contributed by atoms with E-state index in [1.54, 1.807) is 72.3 Å². The molecule has 7 rings (SSSR count). The molecule has 0 radical (unpaired) electrons. The SMILES string of the molecule is CC[C@H]1OC(=O)[C@H](C)[C@@H](O[C@H]2C[C@@](C)(OC)[C@@H](O)[C@H](C)O2)[C@H](C)[C@@H](O[C@@H]2O[C@H](C)C[C@H](N(C)CCc3cn(CC4CC(c5cccc(Oc6ccc(Cl)cc6)c5)=NO4)nn3)[C@H]2O)[C@](C)(O)CCN(C)[C@H](C)[C@@H](O)[C@]1(C)O. The quantitative estimate of drug-likeness (QED) is 0.124. The zero-order chi connectivity index (χ0) is 55.4. The topological polar surface area (TPSA) is 242 Å². The number of ether oxygens (including phenoxy) is 7. The minimum atomic E-state index is -1.85. The average molecular weight is 1090 g/mol. The third kappa shape index (κ3) is 13.9. The van der Waals surface area contributed by atoms with Gasteiger partial charge in [0, 0.05) is 74.2 Å². The van der Waals surface area contributed by atoms with E-state index in [4.69, 9.17) is 49.6 Å². The van der Waals surface area contributed by atoms with Gasteiger partial charge in [0.05, 0.1) is 59.5 Å². The van der Waals surface area contributed by atoms with Crippen LogP contribution < -0.4 is 4.74 Å². The second kappa shape index (κ2) is 25.1. The van der Waals surface area contributed by atoms with Gasteiger partial charge in [0.1, 0.15) is 41.5 Å². The minimum Gasteiger partial charge on any atom is -0.459 e. The molecule has 76 heavy (non-hydrogen) atoms. The van der Waals surface area contributed by atoms with E-state index >= 15 is 0 Å². The van der Waals surface area contributed by atoms with E-state index in [0.717, 1.165) is 17.0 Å². The summed E-state index contributed by atoms with van der Waals surface area (Å²) >= 11 is 6.04. The summed E-state index contributed by atoms with van der Waals surface area (Å²) in [4.78, 5) is 24.1. The van der Waals surface area contributed by atoms with Crippen LogP contribution in [0.2, 0.25) is 5.02 Å². The summed E-state index contributed by atoms with van der Waals surface area (Å²) in [5.41, 5.74) is -2.14. The maximum absolute atomic E-state index is 14.4. The molecule has 424 valence electrons. The van der Waals surface area contributed by atoms with Gasteiger partial charge in [0.2, 0.25) is 0 Å². The van der Waals surface area contributed by atoms with Crippen LogP contribution in [0.4, 0.5) is 0 Å². The fraction of sp³-hybridized carbons (Fsp3) is 0.709. The molecule has 3 fully saturated rings. The van der Waals surface area contributed by atoms with Crippen molar-refractivity contribution in [2.24, 2.45) is 17.0 Å². The number of hydrogen-bond donors (Lipinski definition) is 5. The van der Waals surface area contributed by atoms with Crippen LogP contribution >= 0.6 is 11.6 Å². The number of carbonyl (C=O) groups excluding carboxylic acids is 1. The summed E-state index contributed by atoms with van der Waals surface area (Å²) in [5, 5.41) is 73.3. The second-order valence-electron chi connectivity index (χ2n) is 22.4. The van der Waals surface area contributed by atoms with Gasteiger partial charge in [0.15, 0.2) is 18.7 Å². The first-order valence-corrected chi connectivity index (χ1v) is 27.1. The van der Waals surface area contributed by atoms with Crippen LogP contribution in [0.3, 0.4) is 0 Å². The molecule has 3 aromatic rings. The molecule has 0 spiro atoms. The molecule has 5 N–H and O–H groups in total. The van der Waals surface area contributed by atoms with E-state index in [9.17, 15) is 30.3 Å². The van der Waals surface area contributed by atoms with Crippen molar-refractivity contribution >= 4 is 23.3 Å². The number of benzene rings is 2. The number of esters is 1. The van der Waals surface area contributed by atoms with Crippen LogP contribution in [0.1, 0.15) is 106 Å².